The molecule has 0 aliphatic heterocycles. The number of halogens is 3. The van der Waals surface area contributed by atoms with Gasteiger partial charge in [0.05, 0.1) is 24.1 Å². The normalized spacial score (nSPS) is 14.2. The minimum absolute atomic E-state index is 0.0108. The summed E-state index contributed by atoms with van der Waals surface area (Å²) in [4.78, 5) is 29.5. The van der Waals surface area contributed by atoms with Crippen molar-refractivity contribution in [1.29, 1.82) is 0 Å². The van der Waals surface area contributed by atoms with Gasteiger partial charge in [-0.15, -0.1) is 0 Å². The molecule has 242 valence electrons. The molecule has 0 spiro atoms. The minimum atomic E-state index is -3.70. The van der Waals surface area contributed by atoms with Crippen molar-refractivity contribution >= 4 is 62.3 Å². The molecule has 2 amide bonds. The number of anilines is 1. The molecule has 0 bridgehead atoms. The van der Waals surface area contributed by atoms with Crippen LogP contribution in [0.1, 0.15) is 49.7 Å². The highest BCUT2D eigenvalue weighted by Crippen LogP contribution is 2.31. The summed E-state index contributed by atoms with van der Waals surface area (Å²) in [5, 5.41) is 4.29. The Morgan fingerprint density at radius 3 is 2.31 bits per heavy atom. The summed E-state index contributed by atoms with van der Waals surface area (Å²) < 4.78 is 31.9. The van der Waals surface area contributed by atoms with E-state index < -0.39 is 16.1 Å². The highest BCUT2D eigenvalue weighted by Gasteiger charge is 2.32. The van der Waals surface area contributed by atoms with Gasteiger partial charge in [-0.05, 0) is 60.7 Å². The molecule has 1 N–H and O–H groups in total. The lowest BCUT2D eigenvalue weighted by molar-refractivity contribution is -0.141. The van der Waals surface area contributed by atoms with Gasteiger partial charge in [0.1, 0.15) is 11.8 Å². The third-order valence-corrected chi connectivity index (χ3v) is 9.98. The fraction of sp³-hybridized carbons (Fsp3) is 0.394. The van der Waals surface area contributed by atoms with Crippen molar-refractivity contribution in [2.24, 2.45) is 0 Å². The molecule has 8 nitrogen and oxygen atoms in total. The van der Waals surface area contributed by atoms with E-state index in [9.17, 15) is 18.0 Å². The summed E-state index contributed by atoms with van der Waals surface area (Å²) in [7, 11) is -2.22. The van der Waals surface area contributed by atoms with E-state index in [2.05, 4.69) is 5.32 Å². The van der Waals surface area contributed by atoms with E-state index in [0.29, 0.717) is 33.5 Å². The Labute approximate surface area is 280 Å². The minimum Gasteiger partial charge on any atom is -0.495 e. The van der Waals surface area contributed by atoms with Gasteiger partial charge in [0, 0.05) is 42.0 Å². The molecule has 0 unspecified atom stereocenters. The quantitative estimate of drug-likeness (QED) is 0.198. The number of hydrogen-bond donors (Lipinski definition) is 1. The van der Waals surface area contributed by atoms with E-state index in [1.165, 1.54) is 17.5 Å². The summed E-state index contributed by atoms with van der Waals surface area (Å²) in [5.41, 5.74) is 1.91. The van der Waals surface area contributed by atoms with Gasteiger partial charge in [-0.3, -0.25) is 13.9 Å². The van der Waals surface area contributed by atoms with Crippen LogP contribution in [0.4, 0.5) is 5.69 Å². The first-order valence-electron chi connectivity index (χ1n) is 14.8. The predicted molar refractivity (Wildman–Crippen MR) is 181 cm³/mol. The number of nitrogens with one attached hydrogen (secondary N) is 1. The third-order valence-electron chi connectivity index (χ3n) is 7.90. The Balaban J connectivity index is 1.61. The van der Waals surface area contributed by atoms with E-state index in [0.717, 1.165) is 37.5 Å². The molecule has 0 heterocycles. The number of methoxy groups -OCH3 is 1. The van der Waals surface area contributed by atoms with Crippen LogP contribution in [0.15, 0.2) is 66.7 Å². The zero-order chi connectivity index (χ0) is 32.6. The fourth-order valence-electron chi connectivity index (χ4n) is 5.57. The zero-order valence-corrected chi connectivity index (χ0v) is 28.4. The largest absolute Gasteiger partial charge is 0.495 e. The summed E-state index contributed by atoms with van der Waals surface area (Å²) in [6.07, 6.45) is 5.49. The van der Waals surface area contributed by atoms with Crippen LogP contribution >= 0.6 is 34.8 Å². The molecule has 4 rings (SSSR count). The molecule has 3 aromatic carbocycles. The van der Waals surface area contributed by atoms with Crippen LogP contribution in [0.25, 0.3) is 0 Å². The van der Waals surface area contributed by atoms with Crippen LogP contribution < -0.4 is 14.4 Å². The predicted octanol–water partition coefficient (Wildman–Crippen LogP) is 6.90. The lowest BCUT2D eigenvalue weighted by Crippen LogP contribution is -2.52. The number of amides is 2. The van der Waals surface area contributed by atoms with E-state index in [1.807, 2.05) is 30.3 Å². The van der Waals surface area contributed by atoms with Gasteiger partial charge in [-0.1, -0.05) is 84.0 Å². The van der Waals surface area contributed by atoms with E-state index >= 15 is 0 Å². The molecule has 1 saturated carbocycles. The second-order valence-corrected chi connectivity index (χ2v) is 14.4. The second-order valence-electron chi connectivity index (χ2n) is 11.2. The van der Waals surface area contributed by atoms with Crippen LogP contribution in [0.3, 0.4) is 0 Å². The summed E-state index contributed by atoms with van der Waals surface area (Å²) >= 11 is 19.0. The van der Waals surface area contributed by atoms with Crippen molar-refractivity contribution in [3.05, 3.63) is 92.9 Å². The second kappa shape index (κ2) is 16.0. The van der Waals surface area contributed by atoms with Gasteiger partial charge < -0.3 is 15.0 Å². The van der Waals surface area contributed by atoms with Crippen LogP contribution in [-0.2, 0) is 32.6 Å². The number of carbonyl (C=O) groups excluding carboxylic acids is 2. The van der Waals surface area contributed by atoms with Crippen molar-refractivity contribution in [3.63, 3.8) is 0 Å². The SMILES string of the molecule is COc1ccc(N(CCCC(=O)N(Cc2ccc(Cl)cc2Cl)[C@@H](Cc2ccccc2)C(=O)NC2CCCC2)S(C)(=O)=O)cc1Cl. The number of benzene rings is 3. The topological polar surface area (TPSA) is 96.0 Å². The average molecular weight is 695 g/mol. The maximum atomic E-state index is 14.1. The Morgan fingerprint density at radius 1 is 0.978 bits per heavy atom. The number of rotatable bonds is 14. The maximum Gasteiger partial charge on any atom is 0.243 e. The van der Waals surface area contributed by atoms with E-state index in [-0.39, 0.29) is 48.8 Å². The lowest BCUT2D eigenvalue weighted by Gasteiger charge is -2.33. The molecule has 1 aliphatic carbocycles. The maximum absolute atomic E-state index is 14.1. The molecule has 0 radical (unpaired) electrons. The molecule has 0 saturated heterocycles. The van der Waals surface area contributed by atoms with Crippen LogP contribution in [0.5, 0.6) is 5.75 Å². The first-order chi connectivity index (χ1) is 21.5. The summed E-state index contributed by atoms with van der Waals surface area (Å²) in [6.45, 7) is 0.106. The number of hydrogen-bond acceptors (Lipinski definition) is 5. The first-order valence-corrected chi connectivity index (χ1v) is 17.8. The van der Waals surface area contributed by atoms with Crippen molar-refractivity contribution in [1.82, 2.24) is 10.2 Å². The monoisotopic (exact) mass is 693 g/mol. The number of sulfonamides is 1. The molecular weight excluding hydrogens is 657 g/mol. The summed E-state index contributed by atoms with van der Waals surface area (Å²) in [5.74, 6) is -0.111. The van der Waals surface area contributed by atoms with Gasteiger partial charge in [0.2, 0.25) is 21.8 Å². The highest BCUT2D eigenvalue weighted by molar-refractivity contribution is 7.92. The van der Waals surface area contributed by atoms with E-state index in [4.69, 9.17) is 39.5 Å². The first kappa shape index (κ1) is 34.9. The van der Waals surface area contributed by atoms with Gasteiger partial charge in [0.25, 0.3) is 0 Å². The van der Waals surface area contributed by atoms with Gasteiger partial charge >= 0.3 is 0 Å². The van der Waals surface area contributed by atoms with Gasteiger partial charge in [0.15, 0.2) is 0 Å². The molecule has 1 aliphatic rings. The highest BCUT2D eigenvalue weighted by atomic mass is 35.5. The Bertz CT molecular complexity index is 1580. The lowest BCUT2D eigenvalue weighted by atomic mass is 10.0. The van der Waals surface area contributed by atoms with E-state index in [1.54, 1.807) is 35.2 Å². The molecule has 45 heavy (non-hydrogen) atoms. The van der Waals surface area contributed by atoms with Crippen molar-refractivity contribution in [2.75, 3.05) is 24.2 Å². The van der Waals surface area contributed by atoms with Gasteiger partial charge in [-0.25, -0.2) is 8.42 Å². The van der Waals surface area contributed by atoms with Crippen LogP contribution in [0.2, 0.25) is 15.1 Å². The summed E-state index contributed by atoms with van der Waals surface area (Å²) in [6, 6.07) is 18.6. The van der Waals surface area contributed by atoms with Crippen LogP contribution in [-0.4, -0.2) is 57.1 Å². The number of ether oxygens (including phenoxy) is 1. The number of nitrogens with zero attached hydrogens (tertiary/aromatic N) is 2. The average Bonchev–Trinajstić information content (AvgIpc) is 3.51. The number of carbonyl (C=O) groups is 2. The van der Waals surface area contributed by atoms with Crippen LogP contribution in [0, 0.1) is 0 Å². The van der Waals surface area contributed by atoms with Crippen molar-refractivity contribution < 1.29 is 22.7 Å². The van der Waals surface area contributed by atoms with Crippen molar-refractivity contribution in [3.8, 4) is 5.75 Å². The fourth-order valence-corrected chi connectivity index (χ4v) is 7.25. The zero-order valence-electron chi connectivity index (χ0n) is 25.3. The Hall–Kier alpha value is -2.98. The molecule has 1 atom stereocenters. The molecular formula is C33H38Cl3N3O5S. The van der Waals surface area contributed by atoms with Gasteiger partial charge in [-0.2, -0.15) is 0 Å². The standard InChI is InChI=1S/C33H38Cl3N3O5S/c1-44-31-17-16-27(21-29(31)36)39(45(2,42)43)18-8-13-32(40)38(22-24-14-15-25(34)20-28(24)35)30(19-23-9-4-3-5-10-23)33(41)37-26-11-6-7-12-26/h3-5,9-10,14-17,20-21,26,30H,6-8,11-13,18-19,22H2,1-2H3,(H,37,41)/t30-/m0/s1. The Kier molecular flexibility index (Phi) is 12.4. The Morgan fingerprint density at radius 2 is 1.69 bits per heavy atom. The van der Waals surface area contributed by atoms with Crippen molar-refractivity contribution in [2.45, 2.75) is 63.6 Å². The molecule has 1 fully saturated rings. The smallest absolute Gasteiger partial charge is 0.243 e. The molecule has 12 heteroatoms. The third kappa shape index (κ3) is 9.75. The molecule has 3 aromatic rings. The molecule has 0 aromatic heterocycles.